The lowest BCUT2D eigenvalue weighted by molar-refractivity contribution is -0.117. The molecule has 1 heterocycles. The van der Waals surface area contributed by atoms with Gasteiger partial charge in [-0.15, -0.1) is 11.3 Å². The number of hydrogen-bond donors (Lipinski definition) is 0. The highest BCUT2D eigenvalue weighted by atomic mass is 35.5. The van der Waals surface area contributed by atoms with Crippen molar-refractivity contribution >= 4 is 38.6 Å². The summed E-state index contributed by atoms with van der Waals surface area (Å²) in [5, 5.41) is 0. The number of rotatable bonds is 4. The van der Waals surface area contributed by atoms with E-state index in [4.69, 9.17) is 11.6 Å². The highest BCUT2D eigenvalue weighted by Gasteiger charge is 2.37. The second-order valence-corrected chi connectivity index (χ2v) is 8.73. The topological polar surface area (TPSA) is 51.2 Å². The van der Waals surface area contributed by atoms with Crippen LogP contribution in [0.4, 0.5) is 0 Å². The fourth-order valence-corrected chi connectivity index (χ4v) is 4.89. The molecule has 3 nitrogen and oxygen atoms in total. The molecule has 0 fully saturated rings. The van der Waals surface area contributed by atoms with E-state index in [2.05, 4.69) is 0 Å². The van der Waals surface area contributed by atoms with Gasteiger partial charge in [-0.3, -0.25) is 4.79 Å². The molecule has 0 radical (unpaired) electrons. The van der Waals surface area contributed by atoms with E-state index in [0.29, 0.717) is 4.34 Å². The smallest absolute Gasteiger partial charge is 0.193 e. The molecule has 1 aromatic rings. The van der Waals surface area contributed by atoms with Gasteiger partial charge in [0.05, 0.1) is 9.08 Å². The van der Waals surface area contributed by atoms with Crippen molar-refractivity contribution in [1.82, 2.24) is 0 Å². The zero-order valence-electron chi connectivity index (χ0n) is 9.28. The maximum absolute atomic E-state index is 12.2. The van der Waals surface area contributed by atoms with Gasteiger partial charge in [0.15, 0.2) is 9.84 Å². The maximum atomic E-state index is 12.2. The molecule has 0 aliphatic rings. The molecule has 0 saturated carbocycles. The first kappa shape index (κ1) is 13.7. The molecule has 16 heavy (non-hydrogen) atoms. The summed E-state index contributed by atoms with van der Waals surface area (Å²) in [6.07, 6.45) is 0.00481. The lowest BCUT2D eigenvalue weighted by atomic mass is 10.1. The summed E-state index contributed by atoms with van der Waals surface area (Å²) in [6.45, 7) is 4.49. The Morgan fingerprint density at radius 2 is 2.00 bits per heavy atom. The van der Waals surface area contributed by atoms with Gasteiger partial charge in [-0.1, -0.05) is 11.6 Å². The number of sulfone groups is 1. The van der Waals surface area contributed by atoms with Gasteiger partial charge >= 0.3 is 0 Å². The van der Waals surface area contributed by atoms with Gasteiger partial charge in [0, 0.05) is 6.42 Å². The van der Waals surface area contributed by atoms with Crippen LogP contribution in [0.25, 0.3) is 0 Å². The molecule has 0 aliphatic heterocycles. The van der Waals surface area contributed by atoms with Gasteiger partial charge in [-0.05, 0) is 32.9 Å². The second kappa shape index (κ2) is 4.47. The Kier molecular flexibility index (Phi) is 3.82. The van der Waals surface area contributed by atoms with Gasteiger partial charge in [-0.25, -0.2) is 8.42 Å². The zero-order chi connectivity index (χ0) is 12.6. The van der Waals surface area contributed by atoms with E-state index in [-0.39, 0.29) is 16.4 Å². The number of carbonyl (C=O) groups is 1. The van der Waals surface area contributed by atoms with Crippen molar-refractivity contribution in [1.29, 1.82) is 0 Å². The molecule has 0 bridgehead atoms. The third kappa shape index (κ3) is 2.64. The van der Waals surface area contributed by atoms with Crippen LogP contribution in [0, 0.1) is 0 Å². The minimum Gasteiger partial charge on any atom is -0.300 e. The lowest BCUT2D eigenvalue weighted by Gasteiger charge is -2.22. The molecule has 1 aromatic heterocycles. The van der Waals surface area contributed by atoms with Crippen molar-refractivity contribution in [3.8, 4) is 0 Å². The molecule has 0 aromatic carbocycles. The Labute approximate surface area is 104 Å². The molecule has 6 heteroatoms. The Hall–Kier alpha value is -0.390. The molecule has 1 rings (SSSR count). The maximum Gasteiger partial charge on any atom is 0.193 e. The van der Waals surface area contributed by atoms with Crippen molar-refractivity contribution < 1.29 is 13.2 Å². The van der Waals surface area contributed by atoms with Crippen LogP contribution < -0.4 is 0 Å². The van der Waals surface area contributed by atoms with Crippen LogP contribution in [0.1, 0.15) is 27.2 Å². The first-order valence-corrected chi connectivity index (χ1v) is 7.34. The van der Waals surface area contributed by atoms with E-state index < -0.39 is 14.6 Å². The summed E-state index contributed by atoms with van der Waals surface area (Å²) >= 11 is 6.72. The SMILES string of the molecule is CC(=O)CC(C)(C)S(=O)(=O)c1ccc(Cl)s1. The van der Waals surface area contributed by atoms with Gasteiger partial charge in [0.2, 0.25) is 0 Å². The van der Waals surface area contributed by atoms with E-state index >= 15 is 0 Å². The summed E-state index contributed by atoms with van der Waals surface area (Å²) < 4.78 is 24.0. The number of halogens is 1. The normalized spacial score (nSPS) is 12.8. The van der Waals surface area contributed by atoms with Crippen LogP contribution in [0.2, 0.25) is 4.34 Å². The largest absolute Gasteiger partial charge is 0.300 e. The van der Waals surface area contributed by atoms with Crippen molar-refractivity contribution in [2.45, 2.75) is 36.1 Å². The molecule has 0 aliphatic carbocycles. The Morgan fingerprint density at radius 1 is 1.44 bits per heavy atom. The molecule has 0 N–H and O–H groups in total. The number of ketones is 1. The average molecular weight is 281 g/mol. The summed E-state index contributed by atoms with van der Waals surface area (Å²) in [5.41, 5.74) is 0. The molecular weight excluding hydrogens is 268 g/mol. The number of carbonyl (C=O) groups excluding carboxylic acids is 1. The summed E-state index contributed by atoms with van der Waals surface area (Å²) in [5.74, 6) is -0.142. The Bertz CT molecular complexity index is 500. The van der Waals surface area contributed by atoms with Crippen LogP contribution in [0.3, 0.4) is 0 Å². The fourth-order valence-electron chi connectivity index (χ4n) is 1.41. The average Bonchev–Trinajstić information content (AvgIpc) is 2.49. The highest BCUT2D eigenvalue weighted by molar-refractivity contribution is 7.94. The van der Waals surface area contributed by atoms with Crippen molar-refractivity contribution in [2.75, 3.05) is 0 Å². The van der Waals surface area contributed by atoms with E-state index in [1.165, 1.54) is 13.0 Å². The molecule has 0 unspecified atom stereocenters. The Morgan fingerprint density at radius 3 is 2.38 bits per heavy atom. The van der Waals surface area contributed by atoms with Gasteiger partial charge in [-0.2, -0.15) is 0 Å². The minimum absolute atomic E-state index is 0.00481. The van der Waals surface area contributed by atoms with Gasteiger partial charge < -0.3 is 0 Å². The van der Waals surface area contributed by atoms with Crippen LogP contribution in [0.15, 0.2) is 16.3 Å². The van der Waals surface area contributed by atoms with E-state index in [9.17, 15) is 13.2 Å². The first-order chi connectivity index (χ1) is 7.17. The minimum atomic E-state index is -3.50. The van der Waals surface area contributed by atoms with E-state index in [1.807, 2.05) is 0 Å². The fraction of sp³-hybridized carbons (Fsp3) is 0.500. The molecule has 0 saturated heterocycles. The second-order valence-electron chi connectivity index (χ2n) is 4.20. The number of Topliss-reactive ketones (excluding diaryl/α,β-unsaturated/α-hetero) is 1. The third-order valence-electron chi connectivity index (χ3n) is 2.22. The molecule has 90 valence electrons. The zero-order valence-corrected chi connectivity index (χ0v) is 11.7. The van der Waals surface area contributed by atoms with E-state index in [1.54, 1.807) is 19.9 Å². The highest BCUT2D eigenvalue weighted by Crippen LogP contribution is 2.34. The van der Waals surface area contributed by atoms with Crippen LogP contribution in [-0.4, -0.2) is 18.9 Å². The number of hydrogen-bond acceptors (Lipinski definition) is 4. The first-order valence-electron chi connectivity index (χ1n) is 4.66. The van der Waals surface area contributed by atoms with Gasteiger partial charge in [0.25, 0.3) is 0 Å². The number of thiophene rings is 1. The van der Waals surface area contributed by atoms with Crippen LogP contribution in [-0.2, 0) is 14.6 Å². The van der Waals surface area contributed by atoms with Crippen LogP contribution >= 0.6 is 22.9 Å². The molecule has 0 atom stereocenters. The Balaban J connectivity index is 3.16. The standard InChI is InChI=1S/C10H13ClO3S2/c1-7(12)6-10(2,3)16(13,14)9-5-4-8(11)15-9/h4-5H,6H2,1-3H3. The van der Waals surface area contributed by atoms with Crippen LogP contribution in [0.5, 0.6) is 0 Å². The summed E-state index contributed by atoms with van der Waals surface area (Å²) in [6, 6.07) is 3.02. The van der Waals surface area contributed by atoms with Crippen molar-refractivity contribution in [3.05, 3.63) is 16.5 Å². The molecule has 0 amide bonds. The molecular formula is C10H13ClO3S2. The van der Waals surface area contributed by atoms with Crippen molar-refractivity contribution in [2.24, 2.45) is 0 Å². The predicted molar refractivity (Wildman–Crippen MR) is 65.9 cm³/mol. The monoisotopic (exact) mass is 280 g/mol. The van der Waals surface area contributed by atoms with E-state index in [0.717, 1.165) is 11.3 Å². The summed E-state index contributed by atoms with van der Waals surface area (Å²) in [4.78, 5) is 11.1. The third-order valence-corrected chi connectivity index (χ3v) is 6.41. The quantitative estimate of drug-likeness (QED) is 0.852. The van der Waals surface area contributed by atoms with Crippen molar-refractivity contribution in [3.63, 3.8) is 0 Å². The predicted octanol–water partition coefficient (Wildman–Crippen LogP) is 2.93. The molecule has 0 spiro atoms. The lowest BCUT2D eigenvalue weighted by Crippen LogP contribution is -2.33. The van der Waals surface area contributed by atoms with Gasteiger partial charge in [0.1, 0.15) is 9.99 Å². The summed E-state index contributed by atoms with van der Waals surface area (Å²) in [7, 11) is -3.50.